The molecule has 0 spiro atoms. The van der Waals surface area contributed by atoms with Crippen LogP contribution in [0.4, 0.5) is 0 Å². The van der Waals surface area contributed by atoms with Gasteiger partial charge in [0.25, 0.3) is 0 Å². The van der Waals surface area contributed by atoms with Crippen molar-refractivity contribution in [3.63, 3.8) is 0 Å². The zero-order valence-electron chi connectivity index (χ0n) is 11.3. The molecule has 5 heteroatoms. The van der Waals surface area contributed by atoms with E-state index in [2.05, 4.69) is 0 Å². The molecule has 0 fully saturated rings. The maximum absolute atomic E-state index is 11.8. The minimum atomic E-state index is -0.510. The van der Waals surface area contributed by atoms with Crippen LogP contribution in [-0.4, -0.2) is 36.5 Å². The van der Waals surface area contributed by atoms with Crippen molar-refractivity contribution in [2.75, 3.05) is 13.7 Å². The van der Waals surface area contributed by atoms with Gasteiger partial charge >= 0.3 is 0 Å². The van der Waals surface area contributed by atoms with E-state index in [0.717, 1.165) is 0 Å². The average molecular weight is 268 g/mol. The molecule has 0 radical (unpaired) electrons. The Morgan fingerprint density at radius 3 is 2.68 bits per heavy atom. The molecule has 0 amide bonds. The number of hydrogen-bond donors (Lipinski definition) is 1. The fraction of sp³-hybridized carbons (Fsp3) is 0.571. The molecule has 0 aromatic carbocycles. The summed E-state index contributed by atoms with van der Waals surface area (Å²) in [6.07, 6.45) is 0.540. The number of ketones is 2. The van der Waals surface area contributed by atoms with E-state index in [0.29, 0.717) is 25.2 Å². The van der Waals surface area contributed by atoms with Gasteiger partial charge in [0, 0.05) is 32.8 Å². The zero-order valence-corrected chi connectivity index (χ0v) is 11.3. The number of aliphatic hydroxyl groups is 1. The molecule has 0 bridgehead atoms. The van der Waals surface area contributed by atoms with Crippen molar-refractivity contribution in [2.24, 2.45) is 0 Å². The van der Waals surface area contributed by atoms with Crippen molar-refractivity contribution < 1.29 is 23.8 Å². The topological polar surface area (TPSA) is 76.7 Å². The molecule has 1 aromatic heterocycles. The second kappa shape index (κ2) is 7.86. The van der Waals surface area contributed by atoms with Gasteiger partial charge in [0.2, 0.25) is 0 Å². The van der Waals surface area contributed by atoms with Crippen LogP contribution in [0, 0.1) is 0 Å². The van der Waals surface area contributed by atoms with Crippen LogP contribution in [0.5, 0.6) is 0 Å². The molecule has 0 saturated heterocycles. The first-order valence-electron chi connectivity index (χ1n) is 6.33. The van der Waals surface area contributed by atoms with Gasteiger partial charge in [-0.3, -0.25) is 9.59 Å². The summed E-state index contributed by atoms with van der Waals surface area (Å²) >= 11 is 0. The summed E-state index contributed by atoms with van der Waals surface area (Å²) in [7, 11) is 1.53. The molecule has 5 nitrogen and oxygen atoms in total. The molecule has 1 unspecified atom stereocenters. The van der Waals surface area contributed by atoms with Gasteiger partial charge in [-0.2, -0.15) is 0 Å². The van der Waals surface area contributed by atoms with Gasteiger partial charge < -0.3 is 14.3 Å². The van der Waals surface area contributed by atoms with E-state index in [1.165, 1.54) is 7.11 Å². The average Bonchev–Trinajstić information content (AvgIpc) is 2.81. The first-order valence-corrected chi connectivity index (χ1v) is 6.33. The molecule has 1 rings (SSSR count). The molecule has 0 aliphatic carbocycles. The van der Waals surface area contributed by atoms with Gasteiger partial charge in [0.15, 0.2) is 11.5 Å². The van der Waals surface area contributed by atoms with Crippen LogP contribution in [0.15, 0.2) is 16.5 Å². The molecule has 1 aromatic rings. The summed E-state index contributed by atoms with van der Waals surface area (Å²) in [5, 5.41) is 9.21. The molecule has 0 aliphatic heterocycles. The van der Waals surface area contributed by atoms with Crippen molar-refractivity contribution in [2.45, 2.75) is 38.7 Å². The number of carbonyl (C=O) groups excluding carboxylic acids is 2. The lowest BCUT2D eigenvalue weighted by Crippen LogP contribution is -2.06. The SMILES string of the molecule is COCCC(=O)CCC(=O)c1ccc(CC(C)O)o1. The second-order valence-corrected chi connectivity index (χ2v) is 4.52. The van der Waals surface area contributed by atoms with E-state index in [1.807, 2.05) is 0 Å². The van der Waals surface area contributed by atoms with Crippen molar-refractivity contribution in [3.05, 3.63) is 23.7 Å². The van der Waals surface area contributed by atoms with Crippen LogP contribution in [0.3, 0.4) is 0 Å². The van der Waals surface area contributed by atoms with Crippen molar-refractivity contribution in [1.82, 2.24) is 0 Å². The fourth-order valence-electron chi connectivity index (χ4n) is 1.65. The van der Waals surface area contributed by atoms with Gasteiger partial charge in [-0.05, 0) is 19.1 Å². The third-order valence-electron chi connectivity index (χ3n) is 2.65. The number of carbonyl (C=O) groups is 2. The molecule has 0 saturated carbocycles. The zero-order chi connectivity index (χ0) is 14.3. The Labute approximate surface area is 112 Å². The Kier molecular flexibility index (Phi) is 6.45. The lowest BCUT2D eigenvalue weighted by Gasteiger charge is -2.00. The van der Waals surface area contributed by atoms with Crippen LogP contribution in [0.25, 0.3) is 0 Å². The van der Waals surface area contributed by atoms with Gasteiger partial charge in [-0.15, -0.1) is 0 Å². The standard InChI is InChI=1S/C14H20O5/c1-10(15)9-12-4-6-14(19-12)13(17)5-3-11(16)7-8-18-2/h4,6,10,15H,3,5,7-9H2,1-2H3. The first-order chi connectivity index (χ1) is 9.02. The van der Waals surface area contributed by atoms with Crippen LogP contribution >= 0.6 is 0 Å². The molecule has 1 heterocycles. The number of Topliss-reactive ketones (excluding diaryl/α,β-unsaturated/α-hetero) is 2. The highest BCUT2D eigenvalue weighted by Crippen LogP contribution is 2.13. The highest BCUT2D eigenvalue weighted by molar-refractivity contribution is 5.96. The van der Waals surface area contributed by atoms with Crippen LogP contribution in [-0.2, 0) is 16.0 Å². The lowest BCUT2D eigenvalue weighted by molar-refractivity contribution is -0.119. The summed E-state index contributed by atoms with van der Waals surface area (Å²) in [6.45, 7) is 2.03. The summed E-state index contributed by atoms with van der Waals surface area (Å²) in [6, 6.07) is 3.26. The molecule has 19 heavy (non-hydrogen) atoms. The van der Waals surface area contributed by atoms with E-state index in [4.69, 9.17) is 9.15 Å². The number of hydrogen-bond acceptors (Lipinski definition) is 5. The number of ether oxygens (including phenoxy) is 1. The van der Waals surface area contributed by atoms with Crippen LogP contribution < -0.4 is 0 Å². The van der Waals surface area contributed by atoms with E-state index in [1.54, 1.807) is 19.1 Å². The van der Waals surface area contributed by atoms with Crippen LogP contribution in [0.1, 0.15) is 42.5 Å². The summed E-state index contributed by atoms with van der Waals surface area (Å²) < 4.78 is 10.1. The first kappa shape index (κ1) is 15.6. The minimum Gasteiger partial charge on any atom is -0.458 e. The van der Waals surface area contributed by atoms with Crippen molar-refractivity contribution >= 4 is 11.6 Å². The molecule has 0 aliphatic rings. The smallest absolute Gasteiger partial charge is 0.198 e. The molecular formula is C14H20O5. The van der Waals surface area contributed by atoms with Crippen molar-refractivity contribution in [3.8, 4) is 0 Å². The second-order valence-electron chi connectivity index (χ2n) is 4.52. The number of aliphatic hydroxyl groups excluding tert-OH is 1. The number of furan rings is 1. The Hall–Kier alpha value is -1.46. The molecule has 106 valence electrons. The van der Waals surface area contributed by atoms with E-state index in [9.17, 15) is 14.7 Å². The summed E-state index contributed by atoms with van der Waals surface area (Å²) in [5.41, 5.74) is 0. The third kappa shape index (κ3) is 5.81. The van der Waals surface area contributed by atoms with Gasteiger partial charge in [-0.25, -0.2) is 0 Å². The predicted molar refractivity (Wildman–Crippen MR) is 69.2 cm³/mol. The number of methoxy groups -OCH3 is 1. The van der Waals surface area contributed by atoms with Gasteiger partial charge in [0.1, 0.15) is 11.5 Å². The van der Waals surface area contributed by atoms with Gasteiger partial charge in [0.05, 0.1) is 12.7 Å². The van der Waals surface area contributed by atoms with E-state index >= 15 is 0 Å². The Bertz CT molecular complexity index is 419. The van der Waals surface area contributed by atoms with Crippen LogP contribution in [0.2, 0.25) is 0 Å². The highest BCUT2D eigenvalue weighted by atomic mass is 16.5. The summed E-state index contributed by atoms with van der Waals surface area (Å²) in [5.74, 6) is 0.632. The maximum Gasteiger partial charge on any atom is 0.198 e. The van der Waals surface area contributed by atoms with E-state index in [-0.39, 0.29) is 30.2 Å². The Balaban J connectivity index is 2.41. The third-order valence-corrected chi connectivity index (χ3v) is 2.65. The quantitative estimate of drug-likeness (QED) is 0.691. The molecular weight excluding hydrogens is 248 g/mol. The maximum atomic E-state index is 11.8. The van der Waals surface area contributed by atoms with E-state index < -0.39 is 6.10 Å². The van der Waals surface area contributed by atoms with Gasteiger partial charge in [-0.1, -0.05) is 0 Å². The Morgan fingerprint density at radius 2 is 2.05 bits per heavy atom. The largest absolute Gasteiger partial charge is 0.458 e. The molecule has 1 N–H and O–H groups in total. The number of rotatable bonds is 9. The van der Waals surface area contributed by atoms with Crippen molar-refractivity contribution in [1.29, 1.82) is 0 Å². The normalized spacial score (nSPS) is 12.4. The minimum absolute atomic E-state index is 0.00552. The lowest BCUT2D eigenvalue weighted by atomic mass is 10.1. The predicted octanol–water partition coefficient (Wildman–Crippen LogP) is 1.77. The fourth-order valence-corrected chi connectivity index (χ4v) is 1.65. The Morgan fingerprint density at radius 1 is 1.32 bits per heavy atom. The monoisotopic (exact) mass is 268 g/mol. The summed E-state index contributed by atoms with van der Waals surface area (Å²) in [4.78, 5) is 23.2. The molecule has 1 atom stereocenters. The highest BCUT2D eigenvalue weighted by Gasteiger charge is 2.14.